The lowest BCUT2D eigenvalue weighted by Crippen LogP contribution is -2.46. The third-order valence-corrected chi connectivity index (χ3v) is 6.53. The number of halogens is 1. The Bertz CT molecular complexity index is 1120. The van der Waals surface area contributed by atoms with Crippen molar-refractivity contribution < 1.29 is 9.59 Å². The molecule has 1 saturated heterocycles. The lowest BCUT2D eigenvalue weighted by Gasteiger charge is -2.32. The minimum atomic E-state index is -0.186. The van der Waals surface area contributed by atoms with Crippen molar-refractivity contribution in [2.75, 3.05) is 13.1 Å². The van der Waals surface area contributed by atoms with Crippen LogP contribution in [-0.2, 0) is 0 Å². The van der Waals surface area contributed by atoms with E-state index in [2.05, 4.69) is 36.5 Å². The van der Waals surface area contributed by atoms with Gasteiger partial charge in [-0.15, -0.1) is 5.10 Å². The molecule has 3 aromatic rings. The average molecular weight is 495 g/mol. The normalized spacial score (nSPS) is 16.7. The number of hydrogen-bond donors (Lipinski definition) is 1. The first kappa shape index (κ1) is 20.8. The molecule has 2 aliphatic rings. The Hall–Kier alpha value is -3.07. The molecule has 0 spiro atoms. The van der Waals surface area contributed by atoms with Crippen LogP contribution in [0.3, 0.4) is 0 Å². The number of nitrogens with one attached hydrogen (secondary N) is 1. The first-order chi connectivity index (χ1) is 15.6. The molecule has 1 N–H and O–H groups in total. The van der Waals surface area contributed by atoms with Gasteiger partial charge in [-0.1, -0.05) is 21.1 Å². The van der Waals surface area contributed by atoms with Crippen molar-refractivity contribution in [2.24, 2.45) is 0 Å². The molecular formula is C23H23BrN6O2. The summed E-state index contributed by atoms with van der Waals surface area (Å²) in [6.07, 6.45) is 6.75. The van der Waals surface area contributed by atoms with Crippen LogP contribution in [0.2, 0.25) is 0 Å². The van der Waals surface area contributed by atoms with Gasteiger partial charge in [0.1, 0.15) is 0 Å². The maximum absolute atomic E-state index is 13.1. The molecule has 0 unspecified atom stereocenters. The van der Waals surface area contributed by atoms with Crippen LogP contribution in [0.1, 0.15) is 58.1 Å². The molecule has 8 nitrogen and oxygen atoms in total. The number of nitrogens with zero attached hydrogens (tertiary/aromatic N) is 5. The molecule has 2 amide bonds. The summed E-state index contributed by atoms with van der Waals surface area (Å²) in [7, 11) is 0. The minimum Gasteiger partial charge on any atom is -0.348 e. The Morgan fingerprint density at radius 3 is 2.31 bits per heavy atom. The molecule has 1 aliphatic carbocycles. The fraction of sp³-hybridized carbons (Fsp3) is 0.348. The van der Waals surface area contributed by atoms with Crippen LogP contribution in [0.4, 0.5) is 0 Å². The zero-order chi connectivity index (χ0) is 22.1. The number of amides is 2. The Balaban J connectivity index is 1.25. The van der Waals surface area contributed by atoms with E-state index in [1.807, 2.05) is 29.2 Å². The molecule has 1 aliphatic heterocycles. The van der Waals surface area contributed by atoms with Gasteiger partial charge in [0.2, 0.25) is 0 Å². The maximum atomic E-state index is 13.1. The van der Waals surface area contributed by atoms with Crippen LogP contribution in [0, 0.1) is 0 Å². The zero-order valence-corrected chi connectivity index (χ0v) is 19.0. The predicted molar refractivity (Wildman–Crippen MR) is 122 cm³/mol. The van der Waals surface area contributed by atoms with E-state index >= 15 is 0 Å². The summed E-state index contributed by atoms with van der Waals surface area (Å²) in [5.74, 6) is 0.133. The van der Waals surface area contributed by atoms with Gasteiger partial charge in [0, 0.05) is 47.5 Å². The summed E-state index contributed by atoms with van der Waals surface area (Å²) in [5, 5.41) is 11.7. The van der Waals surface area contributed by atoms with E-state index in [1.165, 1.54) is 0 Å². The molecule has 164 valence electrons. The van der Waals surface area contributed by atoms with Gasteiger partial charge < -0.3 is 10.2 Å². The second-order valence-corrected chi connectivity index (χ2v) is 9.18. The van der Waals surface area contributed by atoms with E-state index < -0.39 is 0 Å². The van der Waals surface area contributed by atoms with Gasteiger partial charge in [-0.3, -0.25) is 14.6 Å². The second kappa shape index (κ2) is 8.82. The highest BCUT2D eigenvalue weighted by atomic mass is 79.9. The van der Waals surface area contributed by atoms with Crippen molar-refractivity contribution in [2.45, 2.75) is 37.6 Å². The molecule has 3 heterocycles. The Labute approximate surface area is 194 Å². The van der Waals surface area contributed by atoms with Crippen molar-refractivity contribution in [1.29, 1.82) is 0 Å². The van der Waals surface area contributed by atoms with Gasteiger partial charge in [-0.25, -0.2) is 4.68 Å². The Morgan fingerprint density at radius 1 is 0.969 bits per heavy atom. The van der Waals surface area contributed by atoms with Crippen LogP contribution in [-0.4, -0.2) is 55.8 Å². The zero-order valence-electron chi connectivity index (χ0n) is 17.4. The molecule has 2 aromatic heterocycles. The van der Waals surface area contributed by atoms with Crippen molar-refractivity contribution in [1.82, 2.24) is 30.2 Å². The van der Waals surface area contributed by atoms with E-state index in [0.29, 0.717) is 43.1 Å². The summed E-state index contributed by atoms with van der Waals surface area (Å²) < 4.78 is 2.77. The lowest BCUT2D eigenvalue weighted by atomic mass is 10.0. The number of aromatic nitrogens is 4. The number of likely N-dealkylation sites (tertiary alicyclic amines) is 1. The van der Waals surface area contributed by atoms with Crippen molar-refractivity contribution in [3.05, 3.63) is 70.2 Å². The quantitative estimate of drug-likeness (QED) is 0.586. The van der Waals surface area contributed by atoms with Gasteiger partial charge in [0.15, 0.2) is 5.69 Å². The third-order valence-electron chi connectivity index (χ3n) is 6.00. The number of piperidine rings is 1. The van der Waals surface area contributed by atoms with Crippen LogP contribution in [0.5, 0.6) is 0 Å². The number of rotatable bonds is 5. The molecule has 2 fully saturated rings. The fourth-order valence-electron chi connectivity index (χ4n) is 4.10. The van der Waals surface area contributed by atoms with Gasteiger partial charge >= 0.3 is 0 Å². The number of carbonyl (C=O) groups is 2. The highest BCUT2D eigenvalue weighted by Gasteiger charge is 2.35. The highest BCUT2D eigenvalue weighted by Crippen LogP contribution is 2.42. The number of benzene rings is 1. The van der Waals surface area contributed by atoms with Gasteiger partial charge in [-0.05, 0) is 62.1 Å². The molecule has 9 heteroatoms. The first-order valence-corrected chi connectivity index (χ1v) is 11.6. The van der Waals surface area contributed by atoms with E-state index in [9.17, 15) is 9.59 Å². The van der Waals surface area contributed by atoms with E-state index in [0.717, 1.165) is 28.7 Å². The molecule has 0 radical (unpaired) electrons. The van der Waals surface area contributed by atoms with Crippen molar-refractivity contribution in [3.8, 4) is 5.69 Å². The van der Waals surface area contributed by atoms with Crippen LogP contribution in [0.15, 0.2) is 53.3 Å². The third kappa shape index (κ3) is 4.29. The second-order valence-electron chi connectivity index (χ2n) is 8.26. The monoisotopic (exact) mass is 494 g/mol. The predicted octanol–water partition coefficient (Wildman–Crippen LogP) is 3.34. The summed E-state index contributed by atoms with van der Waals surface area (Å²) in [6, 6.07) is 11.3. The smallest absolute Gasteiger partial charge is 0.274 e. The first-order valence-electron chi connectivity index (χ1n) is 10.8. The molecule has 1 aromatic carbocycles. The number of carbonyl (C=O) groups excluding carboxylic acids is 2. The molecule has 0 atom stereocenters. The average Bonchev–Trinajstić information content (AvgIpc) is 3.58. The van der Waals surface area contributed by atoms with Crippen molar-refractivity contribution >= 4 is 27.7 Å². The number of hydrogen-bond acceptors (Lipinski definition) is 5. The molecule has 0 bridgehead atoms. The largest absolute Gasteiger partial charge is 0.348 e. The van der Waals surface area contributed by atoms with E-state index in [-0.39, 0.29) is 17.9 Å². The van der Waals surface area contributed by atoms with Gasteiger partial charge in [0.25, 0.3) is 11.8 Å². The topological polar surface area (TPSA) is 93.0 Å². The van der Waals surface area contributed by atoms with E-state index in [4.69, 9.17) is 0 Å². The summed E-state index contributed by atoms with van der Waals surface area (Å²) in [5.41, 5.74) is 2.83. The maximum Gasteiger partial charge on any atom is 0.274 e. The molecular weight excluding hydrogens is 472 g/mol. The van der Waals surface area contributed by atoms with Crippen LogP contribution in [0.25, 0.3) is 5.69 Å². The Kier molecular flexibility index (Phi) is 5.73. The Morgan fingerprint density at radius 2 is 1.66 bits per heavy atom. The summed E-state index contributed by atoms with van der Waals surface area (Å²) in [6.45, 7) is 1.21. The SMILES string of the molecule is O=C(NC1CCN(C(=O)c2ccncc2)CC1)c1nnn(-c2ccc(Br)cc2)c1C1CC1. The molecule has 1 saturated carbocycles. The molecule has 5 rings (SSSR count). The van der Waals surface area contributed by atoms with E-state index in [1.54, 1.807) is 29.2 Å². The van der Waals surface area contributed by atoms with Gasteiger partial charge in [0.05, 0.1) is 11.4 Å². The minimum absolute atomic E-state index is 0.00522. The fourth-order valence-corrected chi connectivity index (χ4v) is 4.37. The summed E-state index contributed by atoms with van der Waals surface area (Å²) in [4.78, 5) is 31.5. The van der Waals surface area contributed by atoms with Crippen LogP contribution < -0.4 is 5.32 Å². The highest BCUT2D eigenvalue weighted by molar-refractivity contribution is 9.10. The van der Waals surface area contributed by atoms with Crippen LogP contribution >= 0.6 is 15.9 Å². The molecule has 32 heavy (non-hydrogen) atoms. The van der Waals surface area contributed by atoms with Crippen molar-refractivity contribution in [3.63, 3.8) is 0 Å². The summed E-state index contributed by atoms with van der Waals surface area (Å²) >= 11 is 3.45. The number of pyridine rings is 1. The van der Waals surface area contributed by atoms with Gasteiger partial charge in [-0.2, -0.15) is 0 Å². The standard InChI is InChI=1S/C23H23BrN6O2/c24-17-3-5-19(6-4-17)30-21(15-1-2-15)20(27-28-30)22(31)26-18-9-13-29(14-10-18)23(32)16-7-11-25-12-8-16/h3-8,11-12,15,18H,1-2,9-10,13-14H2,(H,26,31). The lowest BCUT2D eigenvalue weighted by molar-refractivity contribution is 0.0697.